The molecule has 1 heterocycles. The average Bonchev–Trinajstić information content (AvgIpc) is 3.32. The summed E-state index contributed by atoms with van der Waals surface area (Å²) in [6.07, 6.45) is 0. The highest BCUT2D eigenvalue weighted by Crippen LogP contribution is 2.32. The molecule has 0 spiro atoms. The van der Waals surface area contributed by atoms with Crippen LogP contribution in [0.3, 0.4) is 0 Å². The number of thiazole rings is 1. The molecule has 0 saturated carbocycles. The molecule has 3 aromatic rings. The second-order valence-electron chi connectivity index (χ2n) is 7.15. The number of aromatic nitrogens is 1. The van der Waals surface area contributed by atoms with Crippen LogP contribution in [-0.4, -0.2) is 48.8 Å². The fourth-order valence-corrected chi connectivity index (χ4v) is 4.19. The molecular formula is C23H28N4O4S. The van der Waals surface area contributed by atoms with Crippen LogP contribution in [0.15, 0.2) is 47.8 Å². The minimum atomic E-state index is -0.388. The maximum atomic E-state index is 11.1. The number of anilines is 1. The van der Waals surface area contributed by atoms with Gasteiger partial charge in [0.05, 0.1) is 31.5 Å². The maximum absolute atomic E-state index is 11.1. The molecule has 0 fully saturated rings. The van der Waals surface area contributed by atoms with E-state index < -0.39 is 0 Å². The third kappa shape index (κ3) is 5.54. The molecule has 8 nitrogen and oxygen atoms in total. The number of hydrogen-bond acceptors (Lipinski definition) is 8. The van der Waals surface area contributed by atoms with Gasteiger partial charge in [0.15, 0.2) is 16.6 Å². The molecule has 0 unspecified atom stereocenters. The average molecular weight is 457 g/mol. The van der Waals surface area contributed by atoms with Gasteiger partial charge in [0, 0.05) is 29.6 Å². The summed E-state index contributed by atoms with van der Waals surface area (Å²) in [6.45, 7) is 7.45. The van der Waals surface area contributed by atoms with Gasteiger partial charge in [-0.1, -0.05) is 32.0 Å². The number of nitrogens with zero attached hydrogens (tertiary/aromatic N) is 4. The maximum Gasteiger partial charge on any atom is 0.270 e. The Kier molecular flexibility index (Phi) is 8.02. The van der Waals surface area contributed by atoms with Crippen LogP contribution in [0.2, 0.25) is 0 Å². The molecular weight excluding hydrogens is 428 g/mol. The minimum absolute atomic E-state index is 0.0578. The summed E-state index contributed by atoms with van der Waals surface area (Å²) in [6, 6.07) is 12.5. The highest BCUT2D eigenvalue weighted by Gasteiger charge is 2.17. The van der Waals surface area contributed by atoms with Crippen LogP contribution in [-0.2, 0) is 6.54 Å². The molecule has 0 amide bonds. The Morgan fingerprint density at radius 3 is 2.47 bits per heavy atom. The van der Waals surface area contributed by atoms with Crippen molar-refractivity contribution in [3.05, 3.63) is 63.5 Å². The molecule has 0 aliphatic carbocycles. The standard InChI is InChI=1S/C23H28N4O4S/c1-5-25(6-2)16-26(14-17-10-11-21(30-3)22(12-17)31-4)23-24-20(15-32-23)18-8-7-9-19(13-18)27(28)29/h7-13,15H,5-6,14,16H2,1-4H3. The van der Waals surface area contributed by atoms with Crippen LogP contribution in [0.1, 0.15) is 19.4 Å². The summed E-state index contributed by atoms with van der Waals surface area (Å²) in [4.78, 5) is 20.1. The molecule has 0 aliphatic rings. The summed E-state index contributed by atoms with van der Waals surface area (Å²) in [7, 11) is 3.25. The van der Waals surface area contributed by atoms with Gasteiger partial charge in [-0.15, -0.1) is 11.3 Å². The van der Waals surface area contributed by atoms with Crippen molar-refractivity contribution in [3.8, 4) is 22.8 Å². The Labute approximate surface area is 192 Å². The zero-order valence-corrected chi connectivity index (χ0v) is 19.6. The quantitative estimate of drug-likeness (QED) is 0.227. The van der Waals surface area contributed by atoms with Gasteiger partial charge in [0.1, 0.15) is 0 Å². The Balaban J connectivity index is 1.91. The van der Waals surface area contributed by atoms with Crippen LogP contribution in [0.25, 0.3) is 11.3 Å². The van der Waals surface area contributed by atoms with Crippen molar-refractivity contribution in [2.45, 2.75) is 20.4 Å². The molecule has 3 rings (SSSR count). The summed E-state index contributed by atoms with van der Waals surface area (Å²) in [5, 5.41) is 13.9. The summed E-state index contributed by atoms with van der Waals surface area (Å²) < 4.78 is 10.8. The first kappa shape index (κ1) is 23.5. The van der Waals surface area contributed by atoms with Gasteiger partial charge in [0.25, 0.3) is 5.69 Å². The van der Waals surface area contributed by atoms with Gasteiger partial charge >= 0.3 is 0 Å². The van der Waals surface area contributed by atoms with Gasteiger partial charge < -0.3 is 14.4 Å². The summed E-state index contributed by atoms with van der Waals surface area (Å²) >= 11 is 1.53. The zero-order chi connectivity index (χ0) is 23.1. The Morgan fingerprint density at radius 1 is 1.06 bits per heavy atom. The molecule has 0 N–H and O–H groups in total. The Morgan fingerprint density at radius 2 is 1.81 bits per heavy atom. The van der Waals surface area contributed by atoms with E-state index in [1.165, 1.54) is 17.4 Å². The summed E-state index contributed by atoms with van der Waals surface area (Å²) in [5.74, 6) is 1.37. The van der Waals surface area contributed by atoms with Crippen molar-refractivity contribution in [3.63, 3.8) is 0 Å². The second-order valence-corrected chi connectivity index (χ2v) is 7.99. The van der Waals surface area contributed by atoms with Crippen LogP contribution < -0.4 is 14.4 Å². The van der Waals surface area contributed by atoms with E-state index >= 15 is 0 Å². The lowest BCUT2D eigenvalue weighted by Crippen LogP contribution is -2.37. The Bertz CT molecular complexity index is 1050. The van der Waals surface area contributed by atoms with E-state index in [1.54, 1.807) is 26.4 Å². The highest BCUT2D eigenvalue weighted by atomic mass is 32.1. The van der Waals surface area contributed by atoms with Gasteiger partial charge in [-0.3, -0.25) is 15.0 Å². The molecule has 0 atom stereocenters. The number of non-ortho nitro benzene ring substituents is 1. The fourth-order valence-electron chi connectivity index (χ4n) is 3.36. The predicted octanol–water partition coefficient (Wildman–Crippen LogP) is 5.04. The first-order valence-corrected chi connectivity index (χ1v) is 11.3. The van der Waals surface area contributed by atoms with Crippen LogP contribution >= 0.6 is 11.3 Å². The van der Waals surface area contributed by atoms with E-state index in [0.717, 1.165) is 35.0 Å². The lowest BCUT2D eigenvalue weighted by atomic mass is 10.1. The number of hydrogen-bond donors (Lipinski definition) is 0. The topological polar surface area (TPSA) is 81.0 Å². The molecule has 0 bridgehead atoms. The van der Waals surface area contributed by atoms with Crippen molar-refractivity contribution < 1.29 is 14.4 Å². The van der Waals surface area contributed by atoms with Gasteiger partial charge in [-0.05, 0) is 30.8 Å². The predicted molar refractivity (Wildman–Crippen MR) is 128 cm³/mol. The van der Waals surface area contributed by atoms with Crippen LogP contribution in [0.5, 0.6) is 11.5 Å². The minimum Gasteiger partial charge on any atom is -0.493 e. The lowest BCUT2D eigenvalue weighted by molar-refractivity contribution is -0.384. The molecule has 32 heavy (non-hydrogen) atoms. The molecule has 0 radical (unpaired) electrons. The van der Waals surface area contributed by atoms with E-state index in [0.29, 0.717) is 24.7 Å². The number of benzene rings is 2. The van der Waals surface area contributed by atoms with Gasteiger partial charge in [-0.2, -0.15) is 0 Å². The molecule has 2 aromatic carbocycles. The molecule has 9 heteroatoms. The summed E-state index contributed by atoms with van der Waals surface area (Å²) in [5.41, 5.74) is 2.59. The molecule has 1 aromatic heterocycles. The molecule has 0 saturated heterocycles. The van der Waals surface area contributed by atoms with Crippen molar-refractivity contribution in [1.29, 1.82) is 0 Å². The van der Waals surface area contributed by atoms with Crippen LogP contribution in [0, 0.1) is 10.1 Å². The number of nitro benzene ring substituents is 1. The van der Waals surface area contributed by atoms with Crippen molar-refractivity contribution in [2.24, 2.45) is 0 Å². The lowest BCUT2D eigenvalue weighted by Gasteiger charge is -2.29. The second kappa shape index (κ2) is 10.9. The van der Waals surface area contributed by atoms with Gasteiger partial charge in [-0.25, -0.2) is 4.98 Å². The van der Waals surface area contributed by atoms with Crippen molar-refractivity contribution in [1.82, 2.24) is 9.88 Å². The van der Waals surface area contributed by atoms with Gasteiger partial charge in [0.2, 0.25) is 0 Å². The largest absolute Gasteiger partial charge is 0.493 e. The number of ether oxygens (including phenoxy) is 2. The molecule has 0 aliphatic heterocycles. The highest BCUT2D eigenvalue weighted by molar-refractivity contribution is 7.14. The number of methoxy groups -OCH3 is 2. The third-order valence-corrected chi connectivity index (χ3v) is 6.10. The van der Waals surface area contributed by atoms with E-state index in [-0.39, 0.29) is 10.6 Å². The van der Waals surface area contributed by atoms with E-state index in [9.17, 15) is 10.1 Å². The van der Waals surface area contributed by atoms with Crippen molar-refractivity contribution >= 4 is 22.2 Å². The normalized spacial score (nSPS) is 10.9. The third-order valence-electron chi connectivity index (χ3n) is 5.20. The van der Waals surface area contributed by atoms with E-state index in [1.807, 2.05) is 29.6 Å². The fraction of sp³-hybridized carbons (Fsp3) is 0.348. The number of rotatable bonds is 11. The van der Waals surface area contributed by atoms with Crippen LogP contribution in [0.4, 0.5) is 10.8 Å². The van der Waals surface area contributed by atoms with E-state index in [4.69, 9.17) is 14.5 Å². The monoisotopic (exact) mass is 456 g/mol. The number of nitro groups is 1. The SMILES string of the molecule is CCN(CC)CN(Cc1ccc(OC)c(OC)c1)c1nc(-c2cccc([N+](=O)[O-])c2)cs1. The first-order chi connectivity index (χ1) is 15.5. The zero-order valence-electron chi connectivity index (χ0n) is 18.8. The van der Waals surface area contributed by atoms with E-state index in [2.05, 4.69) is 23.6 Å². The smallest absolute Gasteiger partial charge is 0.270 e. The van der Waals surface area contributed by atoms with Crippen molar-refractivity contribution in [2.75, 3.05) is 38.9 Å². The Hall–Kier alpha value is -3.17. The first-order valence-electron chi connectivity index (χ1n) is 10.4. The molecule has 170 valence electrons.